The van der Waals surface area contributed by atoms with Crippen molar-refractivity contribution in [3.63, 3.8) is 0 Å². The number of anilines is 3. The second kappa shape index (κ2) is 12.5. The van der Waals surface area contributed by atoms with Gasteiger partial charge in [0.15, 0.2) is 0 Å². The van der Waals surface area contributed by atoms with Gasteiger partial charge in [-0.2, -0.15) is 0 Å². The van der Waals surface area contributed by atoms with Gasteiger partial charge in [-0.3, -0.25) is 0 Å². The van der Waals surface area contributed by atoms with E-state index in [4.69, 9.17) is 0 Å². The second-order valence-corrected chi connectivity index (χ2v) is 13.4. The molecule has 0 amide bonds. The minimum Gasteiger partial charge on any atom is -0.310 e. The van der Waals surface area contributed by atoms with E-state index in [-0.39, 0.29) is 0 Å². The van der Waals surface area contributed by atoms with Gasteiger partial charge < -0.3 is 9.47 Å². The van der Waals surface area contributed by atoms with Crippen LogP contribution in [0.5, 0.6) is 0 Å². The van der Waals surface area contributed by atoms with Crippen molar-refractivity contribution in [2.45, 2.75) is 0 Å². The molecule has 52 heavy (non-hydrogen) atoms. The fourth-order valence-electron chi connectivity index (χ4n) is 7.91. The molecule has 2 heteroatoms. The van der Waals surface area contributed by atoms with Crippen molar-refractivity contribution >= 4 is 60.4 Å². The molecule has 1 aromatic heterocycles. The summed E-state index contributed by atoms with van der Waals surface area (Å²) in [7, 11) is 0. The summed E-state index contributed by atoms with van der Waals surface area (Å²) in [4.78, 5) is 2.36. The summed E-state index contributed by atoms with van der Waals surface area (Å²) in [6.07, 6.45) is 0. The van der Waals surface area contributed by atoms with Crippen molar-refractivity contribution in [1.82, 2.24) is 4.57 Å². The summed E-state index contributed by atoms with van der Waals surface area (Å²) < 4.78 is 2.45. The molecule has 0 bridgehead atoms. The summed E-state index contributed by atoms with van der Waals surface area (Å²) in [6, 6.07) is 74.7. The van der Waals surface area contributed by atoms with Crippen LogP contribution in [0.3, 0.4) is 0 Å². The zero-order valence-corrected chi connectivity index (χ0v) is 28.5. The Morgan fingerprint density at radius 2 is 0.885 bits per heavy atom. The minimum absolute atomic E-state index is 1.10. The van der Waals surface area contributed by atoms with E-state index in [1.165, 1.54) is 65.6 Å². The molecule has 9 aromatic carbocycles. The molecule has 0 atom stereocenters. The van der Waals surface area contributed by atoms with Gasteiger partial charge in [0.1, 0.15) is 0 Å². The van der Waals surface area contributed by atoms with Crippen molar-refractivity contribution < 1.29 is 0 Å². The van der Waals surface area contributed by atoms with Crippen LogP contribution < -0.4 is 4.90 Å². The first kappa shape index (κ1) is 30.0. The molecular formula is C50H34N2. The average Bonchev–Trinajstić information content (AvgIpc) is 3.53. The third-order valence-corrected chi connectivity index (χ3v) is 10.3. The third-order valence-electron chi connectivity index (χ3n) is 10.3. The van der Waals surface area contributed by atoms with Crippen molar-refractivity contribution in [1.29, 1.82) is 0 Å². The summed E-state index contributed by atoms with van der Waals surface area (Å²) in [5.41, 5.74) is 11.6. The molecule has 0 aliphatic rings. The molecule has 0 aliphatic heterocycles. The quantitative estimate of drug-likeness (QED) is 0.172. The molecule has 0 spiro atoms. The molecule has 0 fully saturated rings. The SMILES string of the molecule is c1ccc(-c2cc(N(c3ccccc3)c3ccc(-c4cccc5ccccc45)cc3)ccc2-n2c3ccccc3c3cc4ccccc4cc32)cc1. The third kappa shape index (κ3) is 5.04. The maximum absolute atomic E-state index is 2.45. The van der Waals surface area contributed by atoms with Crippen LogP contribution in [0.15, 0.2) is 206 Å². The second-order valence-electron chi connectivity index (χ2n) is 13.4. The lowest BCUT2D eigenvalue weighted by Gasteiger charge is -2.27. The van der Waals surface area contributed by atoms with Crippen LogP contribution in [0.1, 0.15) is 0 Å². The maximum atomic E-state index is 2.45. The molecule has 10 rings (SSSR count). The van der Waals surface area contributed by atoms with E-state index in [9.17, 15) is 0 Å². The van der Waals surface area contributed by atoms with E-state index in [1.807, 2.05) is 0 Å². The van der Waals surface area contributed by atoms with Gasteiger partial charge in [0.05, 0.1) is 16.7 Å². The summed E-state index contributed by atoms with van der Waals surface area (Å²) in [5.74, 6) is 0. The van der Waals surface area contributed by atoms with Gasteiger partial charge in [-0.25, -0.2) is 0 Å². The van der Waals surface area contributed by atoms with E-state index in [2.05, 4.69) is 216 Å². The maximum Gasteiger partial charge on any atom is 0.0547 e. The zero-order chi connectivity index (χ0) is 34.4. The Morgan fingerprint density at radius 1 is 0.308 bits per heavy atom. The lowest BCUT2D eigenvalue weighted by Crippen LogP contribution is -2.10. The van der Waals surface area contributed by atoms with E-state index >= 15 is 0 Å². The van der Waals surface area contributed by atoms with Crippen LogP contribution in [-0.2, 0) is 0 Å². The Morgan fingerprint density at radius 3 is 1.67 bits per heavy atom. The van der Waals surface area contributed by atoms with E-state index < -0.39 is 0 Å². The van der Waals surface area contributed by atoms with Crippen LogP contribution in [0.2, 0.25) is 0 Å². The van der Waals surface area contributed by atoms with Gasteiger partial charge in [0.25, 0.3) is 0 Å². The molecule has 10 aromatic rings. The topological polar surface area (TPSA) is 8.17 Å². The highest BCUT2D eigenvalue weighted by Gasteiger charge is 2.20. The summed E-state index contributed by atoms with van der Waals surface area (Å²) in [5, 5.41) is 7.51. The predicted octanol–water partition coefficient (Wildman–Crippen LogP) is 13.9. The summed E-state index contributed by atoms with van der Waals surface area (Å²) in [6.45, 7) is 0. The molecule has 2 nitrogen and oxygen atoms in total. The number of para-hydroxylation sites is 2. The molecule has 0 radical (unpaired) electrons. The van der Waals surface area contributed by atoms with Crippen LogP contribution in [-0.4, -0.2) is 4.57 Å². The lowest BCUT2D eigenvalue weighted by molar-refractivity contribution is 1.18. The fraction of sp³-hybridized carbons (Fsp3) is 0. The fourth-order valence-corrected chi connectivity index (χ4v) is 7.91. The average molecular weight is 663 g/mol. The highest BCUT2D eigenvalue weighted by atomic mass is 15.1. The number of hydrogen-bond acceptors (Lipinski definition) is 1. The highest BCUT2D eigenvalue weighted by Crippen LogP contribution is 2.42. The monoisotopic (exact) mass is 662 g/mol. The molecular weight excluding hydrogens is 629 g/mol. The van der Waals surface area contributed by atoms with Gasteiger partial charge in [0.2, 0.25) is 0 Å². The minimum atomic E-state index is 1.10. The Labute approximate surface area is 303 Å². The van der Waals surface area contributed by atoms with Gasteiger partial charge in [0, 0.05) is 33.4 Å². The van der Waals surface area contributed by atoms with Crippen LogP contribution in [0.25, 0.3) is 71.3 Å². The molecule has 0 saturated carbocycles. The number of benzene rings is 9. The molecule has 0 N–H and O–H groups in total. The molecule has 0 unspecified atom stereocenters. The Bertz CT molecular complexity index is 2880. The molecule has 244 valence electrons. The van der Waals surface area contributed by atoms with Crippen LogP contribution in [0, 0.1) is 0 Å². The first-order valence-corrected chi connectivity index (χ1v) is 17.9. The summed E-state index contributed by atoms with van der Waals surface area (Å²) >= 11 is 0. The Hall–Kier alpha value is -6.90. The number of hydrogen-bond donors (Lipinski definition) is 0. The van der Waals surface area contributed by atoms with Crippen LogP contribution in [0.4, 0.5) is 17.1 Å². The van der Waals surface area contributed by atoms with E-state index in [0.29, 0.717) is 0 Å². The largest absolute Gasteiger partial charge is 0.310 e. The van der Waals surface area contributed by atoms with Crippen molar-refractivity contribution in [3.05, 3.63) is 206 Å². The lowest BCUT2D eigenvalue weighted by atomic mass is 9.98. The van der Waals surface area contributed by atoms with Gasteiger partial charge in [-0.15, -0.1) is 0 Å². The van der Waals surface area contributed by atoms with Gasteiger partial charge in [-0.1, -0.05) is 146 Å². The van der Waals surface area contributed by atoms with E-state index in [1.54, 1.807) is 0 Å². The highest BCUT2D eigenvalue weighted by molar-refractivity contribution is 6.14. The van der Waals surface area contributed by atoms with Gasteiger partial charge >= 0.3 is 0 Å². The number of fused-ring (bicyclic) bond motifs is 5. The zero-order valence-electron chi connectivity index (χ0n) is 28.5. The first-order chi connectivity index (χ1) is 25.8. The molecule has 0 saturated heterocycles. The molecule has 0 aliphatic carbocycles. The standard InChI is InChI=1S/C50H34N2/c1-3-14-36(15-4-1)46-34-42(30-31-49(46)52-48-25-12-11-23-45(48)47-32-38-17-7-8-18-39(38)33-50(47)52)51(40-20-5-2-6-21-40)41-28-26-37(27-29-41)44-24-13-19-35-16-9-10-22-43(35)44/h1-34H. The Balaban J connectivity index is 1.18. The van der Waals surface area contributed by atoms with Crippen molar-refractivity contribution in [2.75, 3.05) is 4.90 Å². The van der Waals surface area contributed by atoms with E-state index in [0.717, 1.165) is 22.7 Å². The number of rotatable bonds is 6. The molecule has 1 heterocycles. The predicted molar refractivity (Wildman–Crippen MR) is 221 cm³/mol. The van der Waals surface area contributed by atoms with Gasteiger partial charge in [-0.05, 0) is 98.9 Å². The normalized spacial score (nSPS) is 11.5. The smallest absolute Gasteiger partial charge is 0.0547 e. The number of nitrogens with zero attached hydrogens (tertiary/aromatic N) is 2. The first-order valence-electron chi connectivity index (χ1n) is 17.9. The number of aromatic nitrogens is 1. The van der Waals surface area contributed by atoms with Crippen molar-refractivity contribution in [3.8, 4) is 27.9 Å². The van der Waals surface area contributed by atoms with Crippen molar-refractivity contribution in [2.24, 2.45) is 0 Å². The Kier molecular flexibility index (Phi) is 7.18. The van der Waals surface area contributed by atoms with Crippen LogP contribution >= 0.6 is 0 Å².